The van der Waals surface area contributed by atoms with Crippen LogP contribution >= 0.6 is 11.3 Å². The average Bonchev–Trinajstić information content (AvgIpc) is 2.83. The van der Waals surface area contributed by atoms with Crippen LogP contribution in [0.5, 0.6) is 5.75 Å². The molecule has 2 aromatic rings. The second kappa shape index (κ2) is 6.29. The van der Waals surface area contributed by atoms with Crippen molar-refractivity contribution in [1.29, 1.82) is 0 Å². The first-order valence-corrected chi connectivity index (χ1v) is 6.49. The van der Waals surface area contributed by atoms with Gasteiger partial charge in [0.1, 0.15) is 11.6 Å². The van der Waals surface area contributed by atoms with Crippen LogP contribution in [0.15, 0.2) is 30.5 Å². The molecule has 19 heavy (non-hydrogen) atoms. The molecule has 6 heteroatoms. The van der Waals surface area contributed by atoms with Gasteiger partial charge in [0.05, 0.1) is 6.42 Å². The van der Waals surface area contributed by atoms with Crippen LogP contribution in [0.3, 0.4) is 0 Å². The highest BCUT2D eigenvalue weighted by molar-refractivity contribution is 7.11. The Morgan fingerprint density at radius 3 is 2.95 bits per heavy atom. The number of carboxylic acids is 1. The molecule has 1 N–H and O–H groups in total. The lowest BCUT2D eigenvalue weighted by Gasteiger charge is -2.04. The molecule has 0 atom stereocenters. The summed E-state index contributed by atoms with van der Waals surface area (Å²) < 4.78 is 18.6. The summed E-state index contributed by atoms with van der Waals surface area (Å²) in [5.41, 5.74) is 0. The number of halogens is 1. The molecule has 0 fully saturated rings. The van der Waals surface area contributed by atoms with Crippen LogP contribution in [0, 0.1) is 5.82 Å². The Hall–Kier alpha value is -1.95. The van der Waals surface area contributed by atoms with E-state index in [4.69, 9.17) is 9.84 Å². The van der Waals surface area contributed by atoms with Crippen LogP contribution in [-0.2, 0) is 17.8 Å². The quantitative estimate of drug-likeness (QED) is 0.884. The fraction of sp³-hybridized carbons (Fsp3) is 0.231. The minimum atomic E-state index is -0.836. The van der Waals surface area contributed by atoms with Crippen LogP contribution in [0.4, 0.5) is 4.39 Å². The van der Waals surface area contributed by atoms with E-state index in [0.717, 1.165) is 4.88 Å². The van der Waals surface area contributed by atoms with E-state index in [9.17, 15) is 9.18 Å². The molecular weight excluding hydrogens is 269 g/mol. The fourth-order valence-corrected chi connectivity index (χ4v) is 2.30. The van der Waals surface area contributed by atoms with Gasteiger partial charge in [-0.2, -0.15) is 0 Å². The summed E-state index contributed by atoms with van der Waals surface area (Å²) in [6.45, 7) is 0.179. The maximum absolute atomic E-state index is 13.3. The van der Waals surface area contributed by atoms with E-state index in [0.29, 0.717) is 11.4 Å². The molecule has 0 aliphatic carbocycles. The molecule has 0 aliphatic rings. The van der Waals surface area contributed by atoms with Gasteiger partial charge in [-0.3, -0.25) is 4.79 Å². The summed E-state index contributed by atoms with van der Waals surface area (Å²) in [7, 11) is 0. The predicted octanol–water partition coefficient (Wildman–Crippen LogP) is 2.88. The maximum Gasteiger partial charge on any atom is 0.303 e. The Bertz CT molecular complexity index is 571. The van der Waals surface area contributed by atoms with E-state index in [1.807, 2.05) is 0 Å². The Morgan fingerprint density at radius 2 is 2.21 bits per heavy atom. The molecule has 0 saturated carbocycles. The number of aliphatic carboxylic acids is 1. The zero-order valence-electron chi connectivity index (χ0n) is 10.0. The molecule has 0 aliphatic heterocycles. The molecule has 0 bridgehead atoms. The van der Waals surface area contributed by atoms with Crippen molar-refractivity contribution in [1.82, 2.24) is 4.98 Å². The van der Waals surface area contributed by atoms with Crippen LogP contribution in [0.2, 0.25) is 0 Å². The van der Waals surface area contributed by atoms with Gasteiger partial charge in [0.25, 0.3) is 0 Å². The van der Waals surface area contributed by atoms with Gasteiger partial charge in [0.2, 0.25) is 0 Å². The maximum atomic E-state index is 13.3. The number of rotatable bonds is 6. The van der Waals surface area contributed by atoms with E-state index >= 15 is 0 Å². The number of carbonyl (C=O) groups is 1. The summed E-state index contributed by atoms with van der Waals surface area (Å²) >= 11 is 1.38. The third kappa shape index (κ3) is 4.03. The van der Waals surface area contributed by atoms with Gasteiger partial charge in [-0.25, -0.2) is 9.37 Å². The smallest absolute Gasteiger partial charge is 0.303 e. The summed E-state index contributed by atoms with van der Waals surface area (Å²) in [5, 5.41) is 9.28. The monoisotopic (exact) mass is 281 g/mol. The van der Waals surface area contributed by atoms with Gasteiger partial charge in [-0.15, -0.1) is 11.3 Å². The second-order valence-corrected chi connectivity index (χ2v) is 5.03. The van der Waals surface area contributed by atoms with Crippen molar-refractivity contribution in [3.05, 3.63) is 46.2 Å². The van der Waals surface area contributed by atoms with Gasteiger partial charge >= 0.3 is 5.97 Å². The normalized spacial score (nSPS) is 10.4. The number of aromatic nitrogens is 1. The molecular formula is C13H12FNO3S. The van der Waals surface area contributed by atoms with Gasteiger partial charge < -0.3 is 9.84 Å². The zero-order valence-corrected chi connectivity index (χ0v) is 10.8. The number of hydrogen-bond acceptors (Lipinski definition) is 4. The third-order valence-corrected chi connectivity index (χ3v) is 3.41. The first-order valence-electron chi connectivity index (χ1n) is 5.68. The Balaban J connectivity index is 1.90. The van der Waals surface area contributed by atoms with Gasteiger partial charge in [0.15, 0.2) is 11.6 Å². The van der Waals surface area contributed by atoms with E-state index in [1.54, 1.807) is 24.4 Å². The number of carboxylic acid groups (broad SMARTS) is 1. The Labute approximate surface area is 113 Å². The topological polar surface area (TPSA) is 59.4 Å². The number of para-hydroxylation sites is 1. The molecule has 2 rings (SSSR count). The highest BCUT2D eigenvalue weighted by atomic mass is 32.1. The Kier molecular flexibility index (Phi) is 4.46. The largest absolute Gasteiger partial charge is 0.483 e. The first-order chi connectivity index (χ1) is 9.15. The molecule has 0 unspecified atom stereocenters. The lowest BCUT2D eigenvalue weighted by atomic mass is 10.3. The number of ether oxygens (including phenoxy) is 1. The standard InChI is InChI=1S/C13H12FNO3S/c14-10-3-1-2-4-11(10)18-8-12-15-7-9(19-12)5-6-13(16)17/h1-4,7H,5-6,8H2,(H,16,17). The molecule has 0 spiro atoms. The van der Waals surface area contributed by atoms with Crippen molar-refractivity contribution in [3.63, 3.8) is 0 Å². The molecule has 1 aromatic heterocycles. The first kappa shape index (κ1) is 13.5. The van der Waals surface area contributed by atoms with Crippen molar-refractivity contribution in [3.8, 4) is 5.75 Å². The number of benzene rings is 1. The lowest BCUT2D eigenvalue weighted by molar-refractivity contribution is -0.136. The fourth-order valence-electron chi connectivity index (χ4n) is 1.46. The van der Waals surface area contributed by atoms with E-state index in [2.05, 4.69) is 4.98 Å². The summed E-state index contributed by atoms with van der Waals surface area (Å²) in [5.74, 6) is -1.06. The predicted molar refractivity (Wildman–Crippen MR) is 68.8 cm³/mol. The molecule has 0 amide bonds. The van der Waals surface area contributed by atoms with E-state index < -0.39 is 11.8 Å². The number of aryl methyl sites for hydroxylation is 1. The van der Waals surface area contributed by atoms with Crippen LogP contribution < -0.4 is 4.74 Å². The second-order valence-electron chi connectivity index (χ2n) is 3.83. The molecule has 1 aromatic carbocycles. The SMILES string of the molecule is O=C(O)CCc1cnc(COc2ccccc2F)s1. The summed E-state index contributed by atoms with van der Waals surface area (Å²) in [4.78, 5) is 15.4. The van der Waals surface area contributed by atoms with Crippen molar-refractivity contribution in [2.45, 2.75) is 19.4 Å². The number of thiazole rings is 1. The molecule has 0 saturated heterocycles. The van der Waals surface area contributed by atoms with Crippen LogP contribution in [0.25, 0.3) is 0 Å². The minimum absolute atomic E-state index is 0.0792. The van der Waals surface area contributed by atoms with Crippen molar-refractivity contribution in [2.75, 3.05) is 0 Å². The molecule has 0 radical (unpaired) electrons. The molecule has 4 nitrogen and oxygen atoms in total. The third-order valence-electron chi connectivity index (χ3n) is 2.37. The van der Waals surface area contributed by atoms with Crippen LogP contribution in [0.1, 0.15) is 16.3 Å². The zero-order chi connectivity index (χ0) is 13.7. The van der Waals surface area contributed by atoms with Crippen molar-refractivity contribution < 1.29 is 19.0 Å². The van der Waals surface area contributed by atoms with E-state index in [-0.39, 0.29) is 18.8 Å². The van der Waals surface area contributed by atoms with Gasteiger partial charge in [-0.05, 0) is 18.6 Å². The highest BCUT2D eigenvalue weighted by Gasteiger charge is 2.07. The van der Waals surface area contributed by atoms with E-state index in [1.165, 1.54) is 17.4 Å². The van der Waals surface area contributed by atoms with Gasteiger partial charge in [0, 0.05) is 11.1 Å². The molecule has 100 valence electrons. The highest BCUT2D eigenvalue weighted by Crippen LogP contribution is 2.20. The molecule has 1 heterocycles. The lowest BCUT2D eigenvalue weighted by Crippen LogP contribution is -1.96. The minimum Gasteiger partial charge on any atom is -0.483 e. The summed E-state index contributed by atoms with van der Waals surface area (Å²) in [6.07, 6.45) is 2.16. The van der Waals surface area contributed by atoms with Gasteiger partial charge in [-0.1, -0.05) is 12.1 Å². The number of nitrogens with zero attached hydrogens (tertiary/aromatic N) is 1. The van der Waals surface area contributed by atoms with Crippen molar-refractivity contribution in [2.24, 2.45) is 0 Å². The average molecular weight is 281 g/mol. The van der Waals surface area contributed by atoms with Crippen LogP contribution in [-0.4, -0.2) is 16.1 Å². The Morgan fingerprint density at radius 1 is 1.42 bits per heavy atom. The number of hydrogen-bond donors (Lipinski definition) is 1. The van der Waals surface area contributed by atoms with Crippen molar-refractivity contribution >= 4 is 17.3 Å². The summed E-state index contributed by atoms with van der Waals surface area (Å²) in [6, 6.07) is 6.16.